The maximum atomic E-state index is 6.26. The van der Waals surface area contributed by atoms with Crippen molar-refractivity contribution in [2.75, 3.05) is 4.90 Å². The third-order valence-electron chi connectivity index (χ3n) is 13.3. The number of nitrogens with zero attached hydrogens (tertiary/aromatic N) is 1. The number of anilines is 3. The zero-order valence-corrected chi connectivity index (χ0v) is 35.2. The first-order chi connectivity index (χ1) is 31.0. The van der Waals surface area contributed by atoms with Gasteiger partial charge in [0.05, 0.1) is 0 Å². The minimum absolute atomic E-state index is 0.146. The molecule has 0 spiro atoms. The topological polar surface area (TPSA) is 16.4 Å². The molecular formula is C61H43NO. The van der Waals surface area contributed by atoms with Crippen molar-refractivity contribution >= 4 is 49.8 Å². The van der Waals surface area contributed by atoms with Crippen molar-refractivity contribution in [1.82, 2.24) is 0 Å². The molecular weight excluding hydrogens is 763 g/mol. The molecule has 0 N–H and O–H groups in total. The number of hydrogen-bond acceptors (Lipinski definition) is 2. The number of para-hydroxylation sites is 1. The molecule has 0 radical (unpaired) electrons. The van der Waals surface area contributed by atoms with Gasteiger partial charge in [0.2, 0.25) is 0 Å². The first-order valence-corrected chi connectivity index (χ1v) is 21.8. The van der Waals surface area contributed by atoms with Crippen LogP contribution in [-0.2, 0) is 5.41 Å². The normalized spacial score (nSPS) is 12.7. The van der Waals surface area contributed by atoms with Crippen LogP contribution in [0.1, 0.15) is 25.0 Å². The van der Waals surface area contributed by atoms with Gasteiger partial charge in [-0.2, -0.15) is 0 Å². The van der Waals surface area contributed by atoms with Gasteiger partial charge in [-0.15, -0.1) is 0 Å². The molecule has 0 unspecified atom stereocenters. The van der Waals surface area contributed by atoms with Crippen LogP contribution in [0.15, 0.2) is 229 Å². The van der Waals surface area contributed by atoms with E-state index in [-0.39, 0.29) is 5.41 Å². The van der Waals surface area contributed by atoms with Crippen molar-refractivity contribution in [2.45, 2.75) is 19.3 Å². The summed E-state index contributed by atoms with van der Waals surface area (Å²) in [6, 6.07) is 81.5. The molecule has 2 nitrogen and oxygen atoms in total. The van der Waals surface area contributed by atoms with Gasteiger partial charge in [0.25, 0.3) is 0 Å². The highest BCUT2D eigenvalue weighted by Gasteiger charge is 2.36. The van der Waals surface area contributed by atoms with Gasteiger partial charge >= 0.3 is 0 Å². The van der Waals surface area contributed by atoms with Crippen molar-refractivity contribution < 1.29 is 4.42 Å². The van der Waals surface area contributed by atoms with Crippen LogP contribution in [0, 0.1) is 0 Å². The summed E-state index contributed by atoms with van der Waals surface area (Å²) in [6.45, 7) is 4.73. The minimum Gasteiger partial charge on any atom is -0.456 e. The standard InChI is InChI=1S/C61H43NO/c1-61(2)56-38-48(40-11-5-3-6-12-40)27-33-53(56)54-34-32-51(39-57(54)61)62(49-14-7-4-8-15-49)50-30-25-44(26-31-50)43-19-17-41(18-20-43)42-21-23-45(24-22-42)47-29-35-58-55(37-47)60-52-16-10-9-13-46(52)28-36-59(60)63-58/h3-39H,1-2H3. The van der Waals surface area contributed by atoms with Gasteiger partial charge in [0.1, 0.15) is 11.2 Å². The Morgan fingerprint density at radius 3 is 1.48 bits per heavy atom. The second-order valence-electron chi connectivity index (χ2n) is 17.3. The molecule has 0 fully saturated rings. The second-order valence-corrected chi connectivity index (χ2v) is 17.3. The van der Waals surface area contributed by atoms with E-state index in [0.29, 0.717) is 0 Å². The number of furan rings is 1. The van der Waals surface area contributed by atoms with Gasteiger partial charge in [0, 0.05) is 33.2 Å². The first kappa shape index (κ1) is 36.9. The molecule has 0 aliphatic heterocycles. The van der Waals surface area contributed by atoms with Crippen molar-refractivity contribution in [3.05, 3.63) is 236 Å². The third-order valence-corrected chi connectivity index (χ3v) is 13.3. The Hall–Kier alpha value is -7.94. The van der Waals surface area contributed by atoms with Crippen LogP contribution in [-0.4, -0.2) is 0 Å². The van der Waals surface area contributed by atoms with E-state index >= 15 is 0 Å². The zero-order valence-electron chi connectivity index (χ0n) is 35.2. The largest absolute Gasteiger partial charge is 0.456 e. The molecule has 0 saturated carbocycles. The Morgan fingerprint density at radius 2 is 0.794 bits per heavy atom. The highest BCUT2D eigenvalue weighted by molar-refractivity contribution is 6.19. The lowest BCUT2D eigenvalue weighted by Crippen LogP contribution is -2.16. The van der Waals surface area contributed by atoms with Crippen LogP contribution in [0.3, 0.4) is 0 Å². The summed E-state index contributed by atoms with van der Waals surface area (Å²) in [4.78, 5) is 2.38. The van der Waals surface area contributed by atoms with Gasteiger partial charge in [0.15, 0.2) is 0 Å². The molecule has 10 aromatic carbocycles. The molecule has 2 heteroatoms. The van der Waals surface area contributed by atoms with Crippen LogP contribution in [0.2, 0.25) is 0 Å². The fourth-order valence-corrected chi connectivity index (χ4v) is 9.94. The molecule has 0 amide bonds. The second kappa shape index (κ2) is 14.6. The fourth-order valence-electron chi connectivity index (χ4n) is 9.94. The SMILES string of the molecule is CC1(C)c2cc(-c3ccccc3)ccc2-c2ccc(N(c3ccccc3)c3ccc(-c4ccc(-c5ccc(-c6ccc7oc8ccc9ccccc9c8c7c6)cc5)cc4)cc3)cc21. The predicted octanol–water partition coefficient (Wildman–Crippen LogP) is 17.2. The molecule has 1 aliphatic carbocycles. The van der Waals surface area contributed by atoms with Crippen LogP contribution in [0.25, 0.3) is 88.3 Å². The molecule has 0 atom stereocenters. The Labute approximate surface area is 368 Å². The lowest BCUT2D eigenvalue weighted by Gasteiger charge is -2.28. The fraction of sp³-hybridized carbons (Fsp3) is 0.0492. The molecule has 298 valence electrons. The molecule has 0 bridgehead atoms. The lowest BCUT2D eigenvalue weighted by atomic mass is 9.81. The van der Waals surface area contributed by atoms with Gasteiger partial charge < -0.3 is 9.32 Å². The summed E-state index contributed by atoms with van der Waals surface area (Å²) in [5, 5.41) is 4.77. The zero-order chi connectivity index (χ0) is 42.1. The lowest BCUT2D eigenvalue weighted by molar-refractivity contribution is 0.660. The minimum atomic E-state index is -0.146. The van der Waals surface area contributed by atoms with E-state index in [1.54, 1.807) is 0 Å². The molecule has 1 heterocycles. The monoisotopic (exact) mass is 805 g/mol. The molecule has 12 rings (SSSR count). The van der Waals surface area contributed by atoms with E-state index < -0.39 is 0 Å². The maximum Gasteiger partial charge on any atom is 0.136 e. The highest BCUT2D eigenvalue weighted by Crippen LogP contribution is 2.51. The number of rotatable bonds is 7. The predicted molar refractivity (Wildman–Crippen MR) is 265 cm³/mol. The molecule has 1 aliphatic rings. The van der Waals surface area contributed by atoms with Crippen molar-refractivity contribution in [3.63, 3.8) is 0 Å². The Balaban J connectivity index is 0.810. The quantitative estimate of drug-likeness (QED) is 0.160. The van der Waals surface area contributed by atoms with Crippen molar-refractivity contribution in [3.8, 4) is 55.6 Å². The van der Waals surface area contributed by atoms with Crippen LogP contribution in [0.5, 0.6) is 0 Å². The maximum absolute atomic E-state index is 6.26. The van der Waals surface area contributed by atoms with Crippen LogP contribution < -0.4 is 4.90 Å². The average molecular weight is 806 g/mol. The third kappa shape index (κ3) is 6.25. The smallest absolute Gasteiger partial charge is 0.136 e. The van der Waals surface area contributed by atoms with E-state index in [2.05, 4.69) is 243 Å². The summed E-state index contributed by atoms with van der Waals surface area (Å²) in [5.41, 5.74) is 20.1. The van der Waals surface area contributed by atoms with Gasteiger partial charge in [-0.1, -0.05) is 178 Å². The summed E-state index contributed by atoms with van der Waals surface area (Å²) >= 11 is 0. The average Bonchev–Trinajstić information content (AvgIpc) is 3.83. The Kier molecular flexibility index (Phi) is 8.55. The van der Waals surface area contributed by atoms with Gasteiger partial charge in [-0.25, -0.2) is 0 Å². The Morgan fingerprint density at radius 1 is 0.333 bits per heavy atom. The first-order valence-electron chi connectivity index (χ1n) is 21.8. The number of fused-ring (bicyclic) bond motifs is 8. The number of benzene rings is 10. The molecule has 63 heavy (non-hydrogen) atoms. The summed E-state index contributed by atoms with van der Waals surface area (Å²) in [6.07, 6.45) is 0. The summed E-state index contributed by atoms with van der Waals surface area (Å²) in [5.74, 6) is 0. The summed E-state index contributed by atoms with van der Waals surface area (Å²) in [7, 11) is 0. The van der Waals surface area contributed by atoms with Crippen LogP contribution >= 0.6 is 0 Å². The van der Waals surface area contributed by atoms with Crippen LogP contribution in [0.4, 0.5) is 17.1 Å². The van der Waals surface area contributed by atoms with Gasteiger partial charge in [-0.05, 0) is 138 Å². The highest BCUT2D eigenvalue weighted by atomic mass is 16.3. The van der Waals surface area contributed by atoms with E-state index in [1.807, 2.05) is 0 Å². The molecule has 1 aromatic heterocycles. The number of hydrogen-bond donors (Lipinski definition) is 0. The Bertz CT molecular complexity index is 3490. The van der Waals surface area contributed by atoms with Crippen molar-refractivity contribution in [2.24, 2.45) is 0 Å². The molecule has 0 saturated heterocycles. The van der Waals surface area contributed by atoms with Gasteiger partial charge in [-0.3, -0.25) is 0 Å². The van der Waals surface area contributed by atoms with E-state index in [0.717, 1.165) is 33.6 Å². The molecule has 11 aromatic rings. The van der Waals surface area contributed by atoms with E-state index in [9.17, 15) is 0 Å². The van der Waals surface area contributed by atoms with Crippen molar-refractivity contribution in [1.29, 1.82) is 0 Å². The van der Waals surface area contributed by atoms with E-state index in [4.69, 9.17) is 4.42 Å². The summed E-state index contributed by atoms with van der Waals surface area (Å²) < 4.78 is 6.26. The van der Waals surface area contributed by atoms with E-state index in [1.165, 1.54) is 82.9 Å².